The molecule has 8 heteroatoms. The first-order valence-corrected chi connectivity index (χ1v) is 8.07. The number of halogens is 1. The van der Waals surface area contributed by atoms with E-state index in [-0.39, 0.29) is 10.6 Å². The zero-order chi connectivity index (χ0) is 16.7. The summed E-state index contributed by atoms with van der Waals surface area (Å²) in [6, 6.07) is 7.68. The van der Waals surface area contributed by atoms with Crippen LogP contribution in [0, 0.1) is 0 Å². The highest BCUT2D eigenvalue weighted by Gasteiger charge is 2.20. The molecule has 0 N–H and O–H groups in total. The number of fused-ring (bicyclic) bond motifs is 1. The number of imidazole rings is 1. The molecule has 0 bridgehead atoms. The average Bonchev–Trinajstić information content (AvgIpc) is 2.95. The fourth-order valence-electron chi connectivity index (χ4n) is 2.91. The van der Waals surface area contributed by atoms with E-state index in [1.165, 1.54) is 4.68 Å². The minimum Gasteiger partial charge on any atom is -0.378 e. The quantitative estimate of drug-likeness (QED) is 0.706. The van der Waals surface area contributed by atoms with Crippen molar-refractivity contribution in [3.63, 3.8) is 0 Å². The predicted octanol–water partition coefficient (Wildman–Crippen LogP) is 1.61. The van der Waals surface area contributed by atoms with Crippen LogP contribution in [0.3, 0.4) is 0 Å². The highest BCUT2D eigenvalue weighted by molar-refractivity contribution is 6.33. The van der Waals surface area contributed by atoms with Gasteiger partial charge < -0.3 is 14.2 Å². The Hall–Kier alpha value is -2.38. The van der Waals surface area contributed by atoms with Crippen LogP contribution in [0.2, 0.25) is 5.02 Å². The molecule has 1 aliphatic heterocycles. The number of aromatic nitrogens is 4. The Morgan fingerprint density at radius 1 is 1.21 bits per heavy atom. The molecule has 0 amide bonds. The van der Waals surface area contributed by atoms with Crippen LogP contribution in [-0.2, 0) is 11.8 Å². The van der Waals surface area contributed by atoms with E-state index in [4.69, 9.17) is 16.3 Å². The Bertz CT molecular complexity index is 959. The Morgan fingerprint density at radius 2 is 1.96 bits per heavy atom. The molecule has 0 atom stereocenters. The lowest BCUT2D eigenvalue weighted by atomic mass is 10.3. The smallest absolute Gasteiger partial charge is 0.295 e. The molecule has 0 radical (unpaired) electrons. The molecular weight excluding hydrogens is 330 g/mol. The van der Waals surface area contributed by atoms with E-state index in [9.17, 15) is 4.79 Å². The Morgan fingerprint density at radius 3 is 2.71 bits per heavy atom. The summed E-state index contributed by atoms with van der Waals surface area (Å²) >= 11 is 6.34. The van der Waals surface area contributed by atoms with E-state index in [0.717, 1.165) is 11.0 Å². The van der Waals surface area contributed by atoms with Crippen LogP contribution in [0.25, 0.3) is 17.0 Å². The molecule has 1 saturated heterocycles. The molecule has 24 heavy (non-hydrogen) atoms. The van der Waals surface area contributed by atoms with Crippen molar-refractivity contribution >= 4 is 28.3 Å². The minimum absolute atomic E-state index is 0.152. The molecule has 0 unspecified atom stereocenters. The second-order valence-corrected chi connectivity index (χ2v) is 6.00. The maximum absolute atomic E-state index is 12.7. The highest BCUT2D eigenvalue weighted by Crippen LogP contribution is 2.23. The van der Waals surface area contributed by atoms with Gasteiger partial charge in [0.1, 0.15) is 5.02 Å². The molecule has 3 aromatic rings. The van der Waals surface area contributed by atoms with Gasteiger partial charge in [0, 0.05) is 20.1 Å². The maximum Gasteiger partial charge on any atom is 0.295 e. The average molecular weight is 346 g/mol. The Kier molecular flexibility index (Phi) is 3.74. The maximum atomic E-state index is 12.7. The van der Waals surface area contributed by atoms with Crippen molar-refractivity contribution in [1.82, 2.24) is 19.3 Å². The summed E-state index contributed by atoms with van der Waals surface area (Å²) in [5.41, 5.74) is 1.99. The molecule has 0 saturated carbocycles. The summed E-state index contributed by atoms with van der Waals surface area (Å²) in [6.45, 7) is 2.61. The van der Waals surface area contributed by atoms with Gasteiger partial charge >= 0.3 is 0 Å². The molecule has 1 aliphatic rings. The van der Waals surface area contributed by atoms with Crippen LogP contribution in [-0.4, -0.2) is 45.6 Å². The zero-order valence-corrected chi connectivity index (χ0v) is 13.9. The molecule has 124 valence electrons. The number of ether oxygens (including phenoxy) is 1. The monoisotopic (exact) mass is 345 g/mol. The zero-order valence-electron chi connectivity index (χ0n) is 13.1. The number of rotatable bonds is 2. The lowest BCUT2D eigenvalue weighted by Crippen LogP contribution is -2.38. The molecule has 4 rings (SSSR count). The molecule has 0 aliphatic carbocycles. The van der Waals surface area contributed by atoms with Crippen LogP contribution >= 0.6 is 11.6 Å². The van der Waals surface area contributed by atoms with Crippen molar-refractivity contribution in [2.45, 2.75) is 0 Å². The Labute approximate surface area is 143 Å². The summed E-state index contributed by atoms with van der Waals surface area (Å²) in [5, 5.41) is 4.45. The topological polar surface area (TPSA) is 65.2 Å². The number of para-hydroxylation sites is 2. The first-order chi connectivity index (χ1) is 11.7. The van der Waals surface area contributed by atoms with Gasteiger partial charge in [0.25, 0.3) is 5.56 Å². The van der Waals surface area contributed by atoms with E-state index in [0.29, 0.717) is 37.9 Å². The van der Waals surface area contributed by atoms with Crippen LogP contribution < -0.4 is 10.5 Å². The molecule has 1 aromatic carbocycles. The number of aryl methyl sites for hydroxylation is 1. The third kappa shape index (κ3) is 2.37. The number of morpholine rings is 1. The van der Waals surface area contributed by atoms with Crippen molar-refractivity contribution in [2.75, 3.05) is 31.2 Å². The summed E-state index contributed by atoms with van der Waals surface area (Å²) < 4.78 is 8.40. The molecule has 2 aromatic heterocycles. The predicted molar refractivity (Wildman–Crippen MR) is 92.1 cm³/mol. The van der Waals surface area contributed by atoms with Gasteiger partial charge in [-0.05, 0) is 12.1 Å². The summed E-state index contributed by atoms with van der Waals surface area (Å²) in [6.07, 6.45) is 1.62. The van der Waals surface area contributed by atoms with E-state index >= 15 is 0 Å². The van der Waals surface area contributed by atoms with Crippen molar-refractivity contribution < 1.29 is 4.74 Å². The first-order valence-electron chi connectivity index (χ1n) is 7.69. The summed E-state index contributed by atoms with van der Waals surface area (Å²) in [5.74, 6) is 0.441. The standard InChI is InChI=1S/C16H16ClN5O2/c1-20-12-5-3-2-4-11(12)19-16(20)22-15(23)14(17)13(10-18-22)21-6-8-24-9-7-21/h2-5,10H,6-9H2,1H3. The van der Waals surface area contributed by atoms with E-state index in [1.54, 1.807) is 6.20 Å². The largest absolute Gasteiger partial charge is 0.378 e. The van der Waals surface area contributed by atoms with Gasteiger partial charge in [0.05, 0.1) is 36.1 Å². The molecule has 0 spiro atoms. The van der Waals surface area contributed by atoms with Crippen LogP contribution in [0.1, 0.15) is 0 Å². The van der Waals surface area contributed by atoms with Gasteiger partial charge in [0.15, 0.2) is 0 Å². The third-order valence-corrected chi connectivity index (χ3v) is 4.56. The molecule has 3 heterocycles. The lowest BCUT2D eigenvalue weighted by Gasteiger charge is -2.29. The summed E-state index contributed by atoms with van der Waals surface area (Å²) in [7, 11) is 1.85. The van der Waals surface area contributed by atoms with Crippen LogP contribution in [0.5, 0.6) is 0 Å². The SMILES string of the molecule is Cn1c(-n2ncc(N3CCOCC3)c(Cl)c2=O)nc2ccccc21. The number of nitrogens with zero attached hydrogens (tertiary/aromatic N) is 5. The second kappa shape index (κ2) is 5.92. The number of anilines is 1. The molecule has 1 fully saturated rings. The molecule has 7 nitrogen and oxygen atoms in total. The van der Waals surface area contributed by atoms with E-state index in [1.807, 2.05) is 40.8 Å². The lowest BCUT2D eigenvalue weighted by molar-refractivity contribution is 0.122. The van der Waals surface area contributed by atoms with Crippen molar-refractivity contribution in [1.29, 1.82) is 0 Å². The van der Waals surface area contributed by atoms with Gasteiger partial charge in [-0.3, -0.25) is 4.79 Å². The van der Waals surface area contributed by atoms with Gasteiger partial charge in [-0.1, -0.05) is 23.7 Å². The second-order valence-electron chi connectivity index (χ2n) is 5.62. The van der Waals surface area contributed by atoms with E-state index in [2.05, 4.69) is 10.1 Å². The highest BCUT2D eigenvalue weighted by atomic mass is 35.5. The number of hydrogen-bond donors (Lipinski definition) is 0. The van der Waals surface area contributed by atoms with Crippen LogP contribution in [0.15, 0.2) is 35.3 Å². The van der Waals surface area contributed by atoms with Crippen molar-refractivity contribution in [3.05, 3.63) is 45.8 Å². The van der Waals surface area contributed by atoms with Crippen LogP contribution in [0.4, 0.5) is 5.69 Å². The van der Waals surface area contributed by atoms with Gasteiger partial charge in [-0.25, -0.2) is 4.98 Å². The Balaban J connectivity index is 1.82. The minimum atomic E-state index is -0.376. The van der Waals surface area contributed by atoms with Gasteiger partial charge in [-0.2, -0.15) is 9.78 Å². The number of hydrogen-bond acceptors (Lipinski definition) is 5. The molecular formula is C16H16ClN5O2. The van der Waals surface area contributed by atoms with Gasteiger partial charge in [0.2, 0.25) is 5.95 Å². The summed E-state index contributed by atoms with van der Waals surface area (Å²) in [4.78, 5) is 19.2. The fourth-order valence-corrected chi connectivity index (χ4v) is 3.16. The third-order valence-electron chi connectivity index (χ3n) is 4.21. The number of benzene rings is 1. The van der Waals surface area contributed by atoms with Crippen molar-refractivity contribution in [3.8, 4) is 5.95 Å². The normalized spacial score (nSPS) is 15.2. The van der Waals surface area contributed by atoms with Crippen molar-refractivity contribution in [2.24, 2.45) is 7.05 Å². The van der Waals surface area contributed by atoms with E-state index < -0.39 is 0 Å². The first kappa shape index (κ1) is 15.2. The van der Waals surface area contributed by atoms with Gasteiger partial charge in [-0.15, -0.1) is 0 Å². The fraction of sp³-hybridized carbons (Fsp3) is 0.312.